The Labute approximate surface area is 86.5 Å². The lowest BCUT2D eigenvalue weighted by molar-refractivity contribution is -0.133. The van der Waals surface area contributed by atoms with Crippen molar-refractivity contribution in [1.82, 2.24) is 0 Å². The Morgan fingerprint density at radius 3 is 2.71 bits per heavy atom. The molecular formula is C10H11FO2S. The molecule has 0 bridgehead atoms. The van der Waals surface area contributed by atoms with Crippen molar-refractivity contribution in [3.05, 3.63) is 30.1 Å². The van der Waals surface area contributed by atoms with Gasteiger partial charge >= 0.3 is 5.97 Å². The van der Waals surface area contributed by atoms with E-state index in [1.54, 1.807) is 25.3 Å². The number of benzene rings is 1. The van der Waals surface area contributed by atoms with E-state index in [0.29, 0.717) is 0 Å². The molecule has 0 heterocycles. The normalized spacial score (nSPS) is 12.2. The molecule has 1 unspecified atom stereocenters. The van der Waals surface area contributed by atoms with E-state index in [2.05, 4.69) is 0 Å². The summed E-state index contributed by atoms with van der Waals surface area (Å²) in [6.45, 7) is 1.72. The van der Waals surface area contributed by atoms with Gasteiger partial charge in [-0.15, -0.1) is 0 Å². The number of ether oxygens (including phenoxy) is 1. The van der Waals surface area contributed by atoms with Gasteiger partial charge < -0.3 is 4.74 Å². The fourth-order valence-corrected chi connectivity index (χ4v) is 1.06. The van der Waals surface area contributed by atoms with Crippen LogP contribution in [0.2, 0.25) is 0 Å². The van der Waals surface area contributed by atoms with Gasteiger partial charge in [-0.25, -0.2) is 4.39 Å². The zero-order chi connectivity index (χ0) is 10.6. The summed E-state index contributed by atoms with van der Waals surface area (Å²) < 4.78 is 17.9. The summed E-state index contributed by atoms with van der Waals surface area (Å²) in [6.07, 6.45) is 1.80. The van der Waals surface area contributed by atoms with Crippen LogP contribution in [0.5, 0.6) is 5.75 Å². The summed E-state index contributed by atoms with van der Waals surface area (Å²) >= 11 is 1.36. The third-order valence-electron chi connectivity index (χ3n) is 1.73. The van der Waals surface area contributed by atoms with Crippen LogP contribution in [0.3, 0.4) is 0 Å². The van der Waals surface area contributed by atoms with Crippen LogP contribution in [0.25, 0.3) is 0 Å². The topological polar surface area (TPSA) is 26.3 Å². The molecule has 0 amide bonds. The van der Waals surface area contributed by atoms with Crippen molar-refractivity contribution in [3.8, 4) is 5.75 Å². The lowest BCUT2D eigenvalue weighted by Crippen LogP contribution is -2.19. The van der Waals surface area contributed by atoms with Gasteiger partial charge in [0.1, 0.15) is 0 Å². The predicted molar refractivity (Wildman–Crippen MR) is 55.0 cm³/mol. The van der Waals surface area contributed by atoms with Crippen LogP contribution in [0.1, 0.15) is 6.92 Å². The standard InChI is InChI=1S/C10H11FO2S/c1-7(14-2)10(12)13-9-6-4-3-5-8(9)11/h3-7H,1-2H3. The highest BCUT2D eigenvalue weighted by Gasteiger charge is 2.15. The minimum absolute atomic E-state index is 0.0154. The number of esters is 1. The van der Waals surface area contributed by atoms with Gasteiger partial charge in [-0.1, -0.05) is 12.1 Å². The second-order valence-electron chi connectivity index (χ2n) is 2.73. The van der Waals surface area contributed by atoms with E-state index < -0.39 is 11.8 Å². The van der Waals surface area contributed by atoms with Crippen LogP contribution < -0.4 is 4.74 Å². The average molecular weight is 214 g/mol. The zero-order valence-corrected chi connectivity index (χ0v) is 8.81. The first-order chi connectivity index (χ1) is 6.65. The van der Waals surface area contributed by atoms with E-state index >= 15 is 0 Å². The maximum Gasteiger partial charge on any atom is 0.324 e. The number of hydrogen-bond acceptors (Lipinski definition) is 3. The van der Waals surface area contributed by atoms with Crippen molar-refractivity contribution in [3.63, 3.8) is 0 Å². The molecule has 0 saturated carbocycles. The minimum atomic E-state index is -0.519. The van der Waals surface area contributed by atoms with Gasteiger partial charge in [0.2, 0.25) is 0 Å². The van der Waals surface area contributed by atoms with Gasteiger partial charge in [0, 0.05) is 0 Å². The van der Waals surface area contributed by atoms with Gasteiger partial charge in [0.15, 0.2) is 11.6 Å². The monoisotopic (exact) mass is 214 g/mol. The van der Waals surface area contributed by atoms with E-state index in [1.165, 1.54) is 23.9 Å². The van der Waals surface area contributed by atoms with E-state index in [9.17, 15) is 9.18 Å². The van der Waals surface area contributed by atoms with Crippen molar-refractivity contribution in [2.24, 2.45) is 0 Å². The summed E-state index contributed by atoms with van der Waals surface area (Å²) in [5, 5.41) is -0.283. The molecule has 0 aliphatic carbocycles. The summed E-state index contributed by atoms with van der Waals surface area (Å²) in [7, 11) is 0. The molecule has 4 heteroatoms. The lowest BCUT2D eigenvalue weighted by atomic mass is 10.3. The highest BCUT2D eigenvalue weighted by Crippen LogP contribution is 2.17. The number of para-hydroxylation sites is 1. The van der Waals surface area contributed by atoms with Gasteiger partial charge in [-0.05, 0) is 25.3 Å². The first kappa shape index (κ1) is 11.0. The smallest absolute Gasteiger partial charge is 0.324 e. The van der Waals surface area contributed by atoms with Gasteiger partial charge in [0.05, 0.1) is 5.25 Å². The molecule has 0 aliphatic rings. The molecule has 0 spiro atoms. The van der Waals surface area contributed by atoms with Crippen molar-refractivity contribution in [2.75, 3.05) is 6.26 Å². The molecule has 1 atom stereocenters. The SMILES string of the molecule is CSC(C)C(=O)Oc1ccccc1F. The number of rotatable bonds is 3. The Kier molecular flexibility index (Phi) is 3.95. The molecule has 1 aromatic carbocycles. The lowest BCUT2D eigenvalue weighted by Gasteiger charge is -2.08. The van der Waals surface area contributed by atoms with Crippen molar-refractivity contribution < 1.29 is 13.9 Å². The highest BCUT2D eigenvalue weighted by atomic mass is 32.2. The molecule has 0 saturated heterocycles. The first-order valence-corrected chi connectivity index (χ1v) is 5.43. The maximum absolute atomic E-state index is 13.0. The van der Waals surface area contributed by atoms with Crippen LogP contribution in [0.4, 0.5) is 4.39 Å². The van der Waals surface area contributed by atoms with E-state index in [1.807, 2.05) is 0 Å². The summed E-state index contributed by atoms with van der Waals surface area (Å²) in [4.78, 5) is 11.3. The quantitative estimate of drug-likeness (QED) is 0.571. The Hall–Kier alpha value is -1.03. The molecule has 0 fully saturated rings. The second kappa shape index (κ2) is 5.00. The zero-order valence-electron chi connectivity index (χ0n) is 7.99. The van der Waals surface area contributed by atoms with Crippen LogP contribution in [0.15, 0.2) is 24.3 Å². The first-order valence-electron chi connectivity index (χ1n) is 4.14. The Bertz CT molecular complexity index is 328. The highest BCUT2D eigenvalue weighted by molar-refractivity contribution is 7.99. The molecule has 0 radical (unpaired) electrons. The Balaban J connectivity index is 2.70. The number of hydrogen-bond donors (Lipinski definition) is 0. The third-order valence-corrected chi connectivity index (χ3v) is 2.63. The fraction of sp³-hybridized carbons (Fsp3) is 0.300. The van der Waals surface area contributed by atoms with Crippen LogP contribution in [-0.2, 0) is 4.79 Å². The molecule has 14 heavy (non-hydrogen) atoms. The van der Waals surface area contributed by atoms with E-state index in [4.69, 9.17) is 4.74 Å². The molecule has 1 aromatic rings. The molecular weight excluding hydrogens is 203 g/mol. The maximum atomic E-state index is 13.0. The predicted octanol–water partition coefficient (Wildman–Crippen LogP) is 2.48. The Morgan fingerprint density at radius 1 is 1.50 bits per heavy atom. The Morgan fingerprint density at radius 2 is 2.14 bits per heavy atom. The van der Waals surface area contributed by atoms with Crippen molar-refractivity contribution in [1.29, 1.82) is 0 Å². The number of thioether (sulfide) groups is 1. The summed E-state index contributed by atoms with van der Waals surface area (Å²) in [5.74, 6) is -0.963. The van der Waals surface area contributed by atoms with E-state index in [-0.39, 0.29) is 11.0 Å². The van der Waals surface area contributed by atoms with Crippen LogP contribution in [-0.4, -0.2) is 17.5 Å². The third kappa shape index (κ3) is 2.73. The molecule has 0 aromatic heterocycles. The summed E-state index contributed by atoms with van der Waals surface area (Å²) in [5.41, 5.74) is 0. The van der Waals surface area contributed by atoms with Crippen LogP contribution in [0, 0.1) is 5.82 Å². The molecule has 0 N–H and O–H groups in total. The van der Waals surface area contributed by atoms with Gasteiger partial charge in [-0.3, -0.25) is 4.79 Å². The molecule has 0 aliphatic heterocycles. The van der Waals surface area contributed by atoms with Crippen molar-refractivity contribution >= 4 is 17.7 Å². The molecule has 2 nitrogen and oxygen atoms in total. The number of carbonyl (C=O) groups is 1. The molecule has 1 rings (SSSR count). The average Bonchev–Trinajstić information content (AvgIpc) is 2.20. The van der Waals surface area contributed by atoms with E-state index in [0.717, 1.165) is 0 Å². The summed E-state index contributed by atoms with van der Waals surface area (Å²) in [6, 6.07) is 5.85. The minimum Gasteiger partial charge on any atom is -0.423 e. The van der Waals surface area contributed by atoms with Gasteiger partial charge in [0.25, 0.3) is 0 Å². The fourth-order valence-electron chi connectivity index (χ4n) is 0.815. The molecule has 76 valence electrons. The van der Waals surface area contributed by atoms with Crippen molar-refractivity contribution in [2.45, 2.75) is 12.2 Å². The second-order valence-corrected chi connectivity index (χ2v) is 3.91. The largest absolute Gasteiger partial charge is 0.423 e. The number of halogens is 1. The van der Waals surface area contributed by atoms with Crippen LogP contribution >= 0.6 is 11.8 Å². The van der Waals surface area contributed by atoms with Gasteiger partial charge in [-0.2, -0.15) is 11.8 Å². The number of carbonyl (C=O) groups excluding carboxylic acids is 1.